The molecule has 1 fully saturated rings. The summed E-state index contributed by atoms with van der Waals surface area (Å²) in [6.07, 6.45) is 7.54. The number of hydrogen-bond acceptors (Lipinski definition) is 3. The number of rotatable bonds is 5. The lowest BCUT2D eigenvalue weighted by Crippen LogP contribution is -2.00. The Kier molecular flexibility index (Phi) is 5.11. The van der Waals surface area contributed by atoms with Gasteiger partial charge in [0.25, 0.3) is 0 Å². The first-order chi connectivity index (χ1) is 8.28. The van der Waals surface area contributed by atoms with Crippen molar-refractivity contribution in [2.75, 3.05) is 5.75 Å². The number of aryl methyl sites for hydroxylation is 1. The van der Waals surface area contributed by atoms with Crippen molar-refractivity contribution in [2.45, 2.75) is 50.5 Å². The fourth-order valence-corrected chi connectivity index (χ4v) is 3.60. The molecule has 0 atom stereocenters. The highest BCUT2D eigenvalue weighted by atomic mass is 35.5. The maximum Gasteiger partial charge on any atom is 0.133 e. The molecule has 0 N–H and O–H groups in total. The van der Waals surface area contributed by atoms with E-state index in [-0.39, 0.29) is 0 Å². The van der Waals surface area contributed by atoms with Crippen molar-refractivity contribution in [2.24, 2.45) is 5.92 Å². The van der Waals surface area contributed by atoms with Crippen LogP contribution in [0.4, 0.5) is 0 Å². The van der Waals surface area contributed by atoms with E-state index < -0.39 is 0 Å². The zero-order valence-electron chi connectivity index (χ0n) is 10.3. The zero-order chi connectivity index (χ0) is 12.1. The van der Waals surface area contributed by atoms with Gasteiger partial charge in [-0.25, -0.2) is 9.97 Å². The van der Waals surface area contributed by atoms with Gasteiger partial charge in [0.05, 0.1) is 0 Å². The van der Waals surface area contributed by atoms with Crippen LogP contribution < -0.4 is 0 Å². The van der Waals surface area contributed by atoms with Crippen LogP contribution in [0.2, 0.25) is 5.15 Å². The van der Waals surface area contributed by atoms with E-state index in [2.05, 4.69) is 16.9 Å². The molecule has 1 heterocycles. The summed E-state index contributed by atoms with van der Waals surface area (Å²) in [7, 11) is 0. The molecule has 0 unspecified atom stereocenters. The summed E-state index contributed by atoms with van der Waals surface area (Å²) >= 11 is 7.85. The number of halogens is 1. The van der Waals surface area contributed by atoms with Crippen molar-refractivity contribution in [1.82, 2.24) is 9.97 Å². The summed E-state index contributed by atoms with van der Waals surface area (Å²) in [5.74, 6) is 2.94. The molecule has 0 amide bonds. The number of thioether (sulfide) groups is 1. The molecule has 0 radical (unpaired) electrons. The fraction of sp³-hybridized carbons (Fsp3) is 0.692. The van der Waals surface area contributed by atoms with E-state index in [1.54, 1.807) is 0 Å². The van der Waals surface area contributed by atoms with Crippen LogP contribution in [-0.4, -0.2) is 15.7 Å². The normalized spacial score (nSPS) is 16.6. The molecule has 0 bridgehead atoms. The molecule has 1 aromatic heterocycles. The van der Waals surface area contributed by atoms with Crippen molar-refractivity contribution < 1.29 is 0 Å². The summed E-state index contributed by atoms with van der Waals surface area (Å²) < 4.78 is 0. The summed E-state index contributed by atoms with van der Waals surface area (Å²) in [5.41, 5.74) is 0. The maximum atomic E-state index is 6.02. The van der Waals surface area contributed by atoms with Crippen LogP contribution in [0, 0.1) is 5.92 Å². The first-order valence-electron chi connectivity index (χ1n) is 6.44. The summed E-state index contributed by atoms with van der Waals surface area (Å²) in [6, 6.07) is 1.89. The highest BCUT2D eigenvalue weighted by Crippen LogP contribution is 2.30. The summed E-state index contributed by atoms with van der Waals surface area (Å²) in [4.78, 5) is 8.80. The molecule has 2 nitrogen and oxygen atoms in total. The van der Waals surface area contributed by atoms with Crippen LogP contribution in [0.5, 0.6) is 0 Å². The van der Waals surface area contributed by atoms with Crippen molar-refractivity contribution in [3.8, 4) is 0 Å². The monoisotopic (exact) mass is 270 g/mol. The molecule has 1 aliphatic rings. The molecule has 0 spiro atoms. The molecule has 1 aliphatic carbocycles. The molecular weight excluding hydrogens is 252 g/mol. The highest BCUT2D eigenvalue weighted by molar-refractivity contribution is 7.99. The minimum atomic E-state index is 0.581. The second kappa shape index (κ2) is 6.60. The van der Waals surface area contributed by atoms with Crippen LogP contribution in [0.3, 0.4) is 0 Å². The quantitative estimate of drug-likeness (QED) is 0.587. The molecule has 0 aliphatic heterocycles. The lowest BCUT2D eigenvalue weighted by molar-refractivity contribution is 0.622. The van der Waals surface area contributed by atoms with E-state index >= 15 is 0 Å². The van der Waals surface area contributed by atoms with Crippen LogP contribution >= 0.6 is 23.4 Å². The van der Waals surface area contributed by atoms with Crippen LogP contribution in [0.1, 0.15) is 44.9 Å². The predicted octanol–water partition coefficient (Wildman–Crippen LogP) is 4.36. The smallest absolute Gasteiger partial charge is 0.133 e. The summed E-state index contributed by atoms with van der Waals surface area (Å²) in [6.45, 7) is 2.13. The zero-order valence-corrected chi connectivity index (χ0v) is 11.9. The Labute approximate surface area is 113 Å². The molecule has 17 heavy (non-hydrogen) atoms. The molecule has 0 aromatic carbocycles. The fourth-order valence-electron chi connectivity index (χ4n) is 2.23. The van der Waals surface area contributed by atoms with Gasteiger partial charge in [0, 0.05) is 18.2 Å². The summed E-state index contributed by atoms with van der Waals surface area (Å²) in [5, 5.41) is 1.62. The SMILES string of the molecule is CCCc1nc(Cl)cc(SCC2CCCC2)n1. The molecule has 1 aromatic rings. The van der Waals surface area contributed by atoms with E-state index in [1.165, 1.54) is 31.4 Å². The molecule has 1 saturated carbocycles. The molecule has 2 rings (SSSR count). The van der Waals surface area contributed by atoms with Crippen molar-refractivity contribution in [3.05, 3.63) is 17.0 Å². The van der Waals surface area contributed by atoms with Gasteiger partial charge in [-0.15, -0.1) is 11.8 Å². The first-order valence-corrected chi connectivity index (χ1v) is 7.80. The average molecular weight is 271 g/mol. The Hall–Kier alpha value is -0.280. The van der Waals surface area contributed by atoms with Crippen LogP contribution in [0.25, 0.3) is 0 Å². The highest BCUT2D eigenvalue weighted by Gasteiger charge is 2.15. The second-order valence-corrected chi connectivity index (χ2v) is 6.08. The van der Waals surface area contributed by atoms with E-state index in [1.807, 2.05) is 17.8 Å². The Bertz CT molecular complexity index is 364. The first kappa shape index (κ1) is 13.2. The van der Waals surface area contributed by atoms with Gasteiger partial charge < -0.3 is 0 Å². The van der Waals surface area contributed by atoms with Gasteiger partial charge in [-0.3, -0.25) is 0 Å². The Morgan fingerprint density at radius 3 is 2.82 bits per heavy atom. The molecular formula is C13H19ClN2S. The van der Waals surface area contributed by atoms with E-state index in [0.29, 0.717) is 5.15 Å². The van der Waals surface area contributed by atoms with Gasteiger partial charge in [0.15, 0.2) is 0 Å². The van der Waals surface area contributed by atoms with E-state index in [0.717, 1.165) is 29.6 Å². The lowest BCUT2D eigenvalue weighted by atomic mass is 10.1. The van der Waals surface area contributed by atoms with Crippen molar-refractivity contribution >= 4 is 23.4 Å². The average Bonchev–Trinajstić information content (AvgIpc) is 2.79. The minimum Gasteiger partial charge on any atom is -0.226 e. The van der Waals surface area contributed by atoms with Gasteiger partial charge in [0.2, 0.25) is 0 Å². The molecule has 4 heteroatoms. The van der Waals surface area contributed by atoms with Crippen LogP contribution in [-0.2, 0) is 6.42 Å². The van der Waals surface area contributed by atoms with Gasteiger partial charge in [-0.2, -0.15) is 0 Å². The van der Waals surface area contributed by atoms with Gasteiger partial charge in [-0.1, -0.05) is 31.4 Å². The predicted molar refractivity (Wildman–Crippen MR) is 73.7 cm³/mol. The second-order valence-electron chi connectivity index (χ2n) is 4.66. The largest absolute Gasteiger partial charge is 0.226 e. The number of hydrogen-bond donors (Lipinski definition) is 0. The number of nitrogens with zero attached hydrogens (tertiary/aromatic N) is 2. The molecule has 94 valence electrons. The Balaban J connectivity index is 1.94. The van der Waals surface area contributed by atoms with Gasteiger partial charge >= 0.3 is 0 Å². The van der Waals surface area contributed by atoms with Gasteiger partial charge in [-0.05, 0) is 25.2 Å². The number of aromatic nitrogens is 2. The molecule has 0 saturated heterocycles. The van der Waals surface area contributed by atoms with E-state index in [4.69, 9.17) is 11.6 Å². The van der Waals surface area contributed by atoms with Crippen molar-refractivity contribution in [3.63, 3.8) is 0 Å². The lowest BCUT2D eigenvalue weighted by Gasteiger charge is -2.08. The standard InChI is InChI=1S/C13H19ClN2S/c1-2-5-12-15-11(14)8-13(16-12)17-9-10-6-3-4-7-10/h8,10H,2-7,9H2,1H3. The van der Waals surface area contributed by atoms with Crippen LogP contribution in [0.15, 0.2) is 11.1 Å². The third-order valence-electron chi connectivity index (χ3n) is 3.13. The third-order valence-corrected chi connectivity index (χ3v) is 4.47. The van der Waals surface area contributed by atoms with E-state index in [9.17, 15) is 0 Å². The Morgan fingerprint density at radius 2 is 2.12 bits per heavy atom. The topological polar surface area (TPSA) is 25.8 Å². The Morgan fingerprint density at radius 1 is 1.35 bits per heavy atom. The van der Waals surface area contributed by atoms with Crippen molar-refractivity contribution in [1.29, 1.82) is 0 Å². The minimum absolute atomic E-state index is 0.581. The third kappa shape index (κ3) is 4.14. The van der Waals surface area contributed by atoms with Gasteiger partial charge in [0.1, 0.15) is 16.0 Å². The maximum absolute atomic E-state index is 6.02.